The molecule has 1 aromatic carbocycles. The monoisotopic (exact) mass is 375 g/mol. The second-order valence-electron chi connectivity index (χ2n) is 7.04. The SMILES string of the molecule is Cc1nn(C)c2nc(-c3ccccc3)cc(C(=O)Nc3cnoc3C(C)C)c12. The number of aryl methyl sites for hydroxylation is 2. The van der Waals surface area contributed by atoms with Gasteiger partial charge in [0.1, 0.15) is 5.69 Å². The van der Waals surface area contributed by atoms with Crippen LogP contribution in [0.15, 0.2) is 47.1 Å². The number of rotatable bonds is 4. The quantitative estimate of drug-likeness (QED) is 0.574. The number of amides is 1. The molecule has 0 saturated heterocycles. The van der Waals surface area contributed by atoms with E-state index in [-0.39, 0.29) is 11.8 Å². The standard InChI is InChI=1S/C21H21N5O2/c1-12(2)19-17(11-22-28-19)24-21(27)15-10-16(14-8-6-5-7-9-14)23-20-18(15)13(3)25-26(20)4/h5-12H,1-4H3,(H,24,27). The molecule has 0 aliphatic rings. The lowest BCUT2D eigenvalue weighted by atomic mass is 10.0. The Balaban J connectivity index is 1.85. The zero-order chi connectivity index (χ0) is 19.8. The molecule has 4 aromatic rings. The third-order valence-corrected chi connectivity index (χ3v) is 4.65. The van der Waals surface area contributed by atoms with Gasteiger partial charge in [-0.05, 0) is 13.0 Å². The molecule has 3 aromatic heterocycles. The Labute approximate surface area is 162 Å². The summed E-state index contributed by atoms with van der Waals surface area (Å²) in [4.78, 5) is 17.9. The average Bonchev–Trinajstić information content (AvgIpc) is 3.26. The predicted molar refractivity (Wildman–Crippen MR) is 107 cm³/mol. The van der Waals surface area contributed by atoms with Gasteiger partial charge >= 0.3 is 0 Å². The van der Waals surface area contributed by atoms with Gasteiger partial charge in [-0.2, -0.15) is 5.10 Å². The van der Waals surface area contributed by atoms with E-state index >= 15 is 0 Å². The van der Waals surface area contributed by atoms with Crippen LogP contribution in [0.2, 0.25) is 0 Å². The zero-order valence-electron chi connectivity index (χ0n) is 16.2. The molecule has 1 amide bonds. The second-order valence-corrected chi connectivity index (χ2v) is 7.04. The summed E-state index contributed by atoms with van der Waals surface area (Å²) in [6.45, 7) is 5.85. The van der Waals surface area contributed by atoms with Crippen molar-refractivity contribution in [3.8, 4) is 11.3 Å². The Hall–Kier alpha value is -3.48. The van der Waals surface area contributed by atoms with Crippen LogP contribution < -0.4 is 5.32 Å². The largest absolute Gasteiger partial charge is 0.359 e. The van der Waals surface area contributed by atoms with Gasteiger partial charge < -0.3 is 9.84 Å². The number of carbonyl (C=O) groups excluding carboxylic acids is 1. The number of aromatic nitrogens is 4. The van der Waals surface area contributed by atoms with Gasteiger partial charge in [-0.25, -0.2) is 4.98 Å². The molecule has 0 spiro atoms. The Kier molecular flexibility index (Phi) is 4.43. The molecule has 0 aliphatic carbocycles. The Morgan fingerprint density at radius 2 is 1.96 bits per heavy atom. The molecule has 7 heteroatoms. The number of hydrogen-bond donors (Lipinski definition) is 1. The zero-order valence-corrected chi connectivity index (χ0v) is 16.2. The van der Waals surface area contributed by atoms with E-state index in [2.05, 4.69) is 15.6 Å². The first-order chi connectivity index (χ1) is 13.5. The van der Waals surface area contributed by atoms with Crippen LogP contribution in [0.4, 0.5) is 5.69 Å². The van der Waals surface area contributed by atoms with Crippen molar-refractivity contribution in [3.63, 3.8) is 0 Å². The van der Waals surface area contributed by atoms with E-state index in [1.54, 1.807) is 4.68 Å². The summed E-state index contributed by atoms with van der Waals surface area (Å²) in [6.07, 6.45) is 1.53. The summed E-state index contributed by atoms with van der Waals surface area (Å²) < 4.78 is 6.98. The highest BCUT2D eigenvalue weighted by Crippen LogP contribution is 2.29. The van der Waals surface area contributed by atoms with E-state index in [1.807, 2.05) is 64.2 Å². The number of fused-ring (bicyclic) bond motifs is 1. The van der Waals surface area contributed by atoms with Gasteiger partial charge in [-0.1, -0.05) is 49.3 Å². The van der Waals surface area contributed by atoms with E-state index < -0.39 is 0 Å². The normalized spacial score (nSPS) is 11.3. The lowest BCUT2D eigenvalue weighted by Crippen LogP contribution is -2.14. The fraction of sp³-hybridized carbons (Fsp3) is 0.238. The molecule has 4 rings (SSSR count). The summed E-state index contributed by atoms with van der Waals surface area (Å²) in [5.74, 6) is 0.505. The highest BCUT2D eigenvalue weighted by molar-refractivity contribution is 6.13. The minimum Gasteiger partial charge on any atom is -0.359 e. The third-order valence-electron chi connectivity index (χ3n) is 4.65. The van der Waals surface area contributed by atoms with Gasteiger partial charge in [-0.3, -0.25) is 9.48 Å². The summed E-state index contributed by atoms with van der Waals surface area (Å²) >= 11 is 0. The van der Waals surface area contributed by atoms with E-state index in [9.17, 15) is 4.79 Å². The van der Waals surface area contributed by atoms with Crippen molar-refractivity contribution < 1.29 is 9.32 Å². The van der Waals surface area contributed by atoms with Crippen LogP contribution in [0, 0.1) is 6.92 Å². The number of carbonyl (C=O) groups is 1. The first-order valence-corrected chi connectivity index (χ1v) is 9.11. The molecule has 28 heavy (non-hydrogen) atoms. The maximum absolute atomic E-state index is 13.2. The second kappa shape index (κ2) is 6.92. The number of benzene rings is 1. The van der Waals surface area contributed by atoms with Crippen LogP contribution in [0.3, 0.4) is 0 Å². The molecule has 0 saturated carbocycles. The molecule has 3 heterocycles. The van der Waals surface area contributed by atoms with Crippen LogP contribution in [0.5, 0.6) is 0 Å². The molecule has 7 nitrogen and oxygen atoms in total. The summed E-state index contributed by atoms with van der Waals surface area (Å²) in [5, 5.41) is 11.9. The minimum atomic E-state index is -0.245. The van der Waals surface area contributed by atoms with E-state index in [0.717, 1.165) is 22.3 Å². The van der Waals surface area contributed by atoms with Crippen LogP contribution in [-0.2, 0) is 7.05 Å². The van der Waals surface area contributed by atoms with E-state index in [1.165, 1.54) is 6.20 Å². The Morgan fingerprint density at radius 3 is 2.68 bits per heavy atom. The molecule has 0 unspecified atom stereocenters. The van der Waals surface area contributed by atoms with Gasteiger partial charge in [0.05, 0.1) is 28.5 Å². The van der Waals surface area contributed by atoms with Crippen LogP contribution in [0.25, 0.3) is 22.3 Å². The van der Waals surface area contributed by atoms with Gasteiger partial charge in [0, 0.05) is 18.5 Å². The van der Waals surface area contributed by atoms with Gasteiger partial charge in [0.25, 0.3) is 5.91 Å². The van der Waals surface area contributed by atoms with Crippen molar-refractivity contribution in [1.29, 1.82) is 0 Å². The van der Waals surface area contributed by atoms with Gasteiger partial charge in [-0.15, -0.1) is 0 Å². The molecular weight excluding hydrogens is 354 g/mol. The topological polar surface area (TPSA) is 85.8 Å². The molecule has 142 valence electrons. The van der Waals surface area contributed by atoms with Crippen molar-refractivity contribution in [1.82, 2.24) is 19.9 Å². The summed E-state index contributed by atoms with van der Waals surface area (Å²) in [7, 11) is 1.83. The Morgan fingerprint density at radius 1 is 1.21 bits per heavy atom. The lowest BCUT2D eigenvalue weighted by Gasteiger charge is -2.10. The third kappa shape index (κ3) is 3.05. The van der Waals surface area contributed by atoms with Crippen molar-refractivity contribution in [2.24, 2.45) is 7.05 Å². The average molecular weight is 375 g/mol. The lowest BCUT2D eigenvalue weighted by molar-refractivity contribution is 0.102. The van der Waals surface area contributed by atoms with Gasteiger partial charge in [0.2, 0.25) is 0 Å². The maximum Gasteiger partial charge on any atom is 0.256 e. The fourth-order valence-corrected chi connectivity index (χ4v) is 3.33. The predicted octanol–water partition coefficient (Wildman–Crippen LogP) is 4.31. The first-order valence-electron chi connectivity index (χ1n) is 9.11. The van der Waals surface area contributed by atoms with Gasteiger partial charge in [0.15, 0.2) is 11.4 Å². The van der Waals surface area contributed by atoms with E-state index in [0.29, 0.717) is 22.7 Å². The number of hydrogen-bond acceptors (Lipinski definition) is 5. The number of nitrogens with zero attached hydrogens (tertiary/aromatic N) is 4. The minimum absolute atomic E-state index is 0.107. The van der Waals surface area contributed by atoms with Crippen molar-refractivity contribution in [2.45, 2.75) is 26.7 Å². The highest BCUT2D eigenvalue weighted by Gasteiger charge is 2.21. The van der Waals surface area contributed by atoms with Crippen LogP contribution in [-0.4, -0.2) is 25.8 Å². The molecule has 0 bridgehead atoms. The number of pyridine rings is 1. The van der Waals surface area contributed by atoms with Crippen molar-refractivity contribution >= 4 is 22.6 Å². The fourth-order valence-electron chi connectivity index (χ4n) is 3.33. The Bertz CT molecular complexity index is 1160. The molecule has 0 atom stereocenters. The molecule has 0 radical (unpaired) electrons. The van der Waals surface area contributed by atoms with Crippen molar-refractivity contribution in [3.05, 3.63) is 59.6 Å². The highest BCUT2D eigenvalue weighted by atomic mass is 16.5. The number of nitrogens with one attached hydrogen (secondary N) is 1. The molecule has 0 aliphatic heterocycles. The summed E-state index contributed by atoms with van der Waals surface area (Å²) in [6, 6.07) is 11.6. The molecule has 0 fully saturated rings. The smallest absolute Gasteiger partial charge is 0.256 e. The first kappa shape index (κ1) is 17.9. The number of anilines is 1. The van der Waals surface area contributed by atoms with Crippen molar-refractivity contribution in [2.75, 3.05) is 5.32 Å². The summed E-state index contributed by atoms with van der Waals surface area (Å²) in [5.41, 5.74) is 4.17. The maximum atomic E-state index is 13.2. The van der Waals surface area contributed by atoms with E-state index in [4.69, 9.17) is 9.51 Å². The van der Waals surface area contributed by atoms with Crippen LogP contribution in [0.1, 0.15) is 41.6 Å². The van der Waals surface area contributed by atoms with Crippen LogP contribution >= 0.6 is 0 Å². The molecular formula is C21H21N5O2. The molecule has 1 N–H and O–H groups in total.